The van der Waals surface area contributed by atoms with Gasteiger partial charge in [-0.05, 0) is 18.6 Å². The Morgan fingerprint density at radius 1 is 1.25 bits per heavy atom. The fourth-order valence-corrected chi connectivity index (χ4v) is 4.74. The second-order valence-electron chi connectivity index (χ2n) is 4.43. The van der Waals surface area contributed by atoms with Crippen LogP contribution in [0.25, 0.3) is 0 Å². The number of sulfonamides is 1. The van der Waals surface area contributed by atoms with Gasteiger partial charge in [-0.15, -0.1) is 0 Å². The molecular weight excluding hydrogens is 304 g/mol. The number of rotatable bonds is 3. The number of aromatic nitrogens is 1. The molecule has 1 aliphatic heterocycles. The summed E-state index contributed by atoms with van der Waals surface area (Å²) < 4.78 is 49.0. The summed E-state index contributed by atoms with van der Waals surface area (Å²) in [4.78, 5) is 3.87. The highest BCUT2D eigenvalue weighted by Gasteiger charge is 2.29. The highest BCUT2D eigenvalue weighted by Crippen LogP contribution is 2.18. The smallest absolute Gasteiger partial charge is 0.244 e. The maximum Gasteiger partial charge on any atom is 0.244 e. The summed E-state index contributed by atoms with van der Waals surface area (Å²) in [5.41, 5.74) is 2.31. The molecular formula is C10H16N4O4S2. The molecule has 2 rings (SSSR count). The van der Waals surface area contributed by atoms with Crippen LogP contribution >= 0.6 is 0 Å². The Bertz CT molecular complexity index is 670. The summed E-state index contributed by atoms with van der Waals surface area (Å²) in [5.74, 6) is 5.38. The van der Waals surface area contributed by atoms with Crippen molar-refractivity contribution in [1.82, 2.24) is 9.29 Å². The van der Waals surface area contributed by atoms with Gasteiger partial charge in [-0.2, -0.15) is 4.31 Å². The zero-order valence-corrected chi connectivity index (χ0v) is 12.3. The van der Waals surface area contributed by atoms with Gasteiger partial charge in [0.25, 0.3) is 0 Å². The van der Waals surface area contributed by atoms with Crippen molar-refractivity contribution in [3.05, 3.63) is 18.3 Å². The van der Waals surface area contributed by atoms with Gasteiger partial charge in [-0.3, -0.25) is 0 Å². The maximum absolute atomic E-state index is 12.4. The van der Waals surface area contributed by atoms with Gasteiger partial charge < -0.3 is 5.43 Å². The summed E-state index contributed by atoms with van der Waals surface area (Å²) in [6.45, 7) is 0.167. The normalized spacial score (nSPS) is 20.2. The molecule has 1 aromatic heterocycles. The minimum absolute atomic E-state index is 0.0211. The second kappa shape index (κ2) is 5.64. The lowest BCUT2D eigenvalue weighted by molar-refractivity contribution is 0.434. The third-order valence-corrected chi connectivity index (χ3v) is 6.63. The molecule has 8 nitrogen and oxygen atoms in total. The van der Waals surface area contributed by atoms with Crippen molar-refractivity contribution in [3.8, 4) is 0 Å². The lowest BCUT2D eigenvalue weighted by Crippen LogP contribution is -2.33. The molecule has 0 unspecified atom stereocenters. The first-order chi connectivity index (χ1) is 9.35. The lowest BCUT2D eigenvalue weighted by Gasteiger charge is -2.19. The Hall–Kier alpha value is -1.23. The van der Waals surface area contributed by atoms with Gasteiger partial charge in [-0.25, -0.2) is 27.7 Å². The average Bonchev–Trinajstić information content (AvgIpc) is 2.60. The van der Waals surface area contributed by atoms with Crippen LogP contribution in [0, 0.1) is 0 Å². The van der Waals surface area contributed by atoms with Gasteiger partial charge in [0.05, 0.1) is 11.5 Å². The van der Waals surface area contributed by atoms with E-state index in [1.165, 1.54) is 22.6 Å². The molecule has 1 saturated heterocycles. The van der Waals surface area contributed by atoms with E-state index in [2.05, 4.69) is 10.4 Å². The number of hydrazine groups is 1. The summed E-state index contributed by atoms with van der Waals surface area (Å²) in [7, 11) is -6.88. The van der Waals surface area contributed by atoms with Crippen LogP contribution in [0.5, 0.6) is 0 Å². The molecule has 0 radical (unpaired) electrons. The van der Waals surface area contributed by atoms with Crippen LogP contribution in [0.15, 0.2) is 23.2 Å². The minimum Gasteiger partial charge on any atom is -0.308 e. The lowest BCUT2D eigenvalue weighted by atomic mass is 10.5. The highest BCUT2D eigenvalue weighted by atomic mass is 32.2. The van der Waals surface area contributed by atoms with Crippen LogP contribution in [0.4, 0.5) is 5.82 Å². The predicted molar refractivity (Wildman–Crippen MR) is 74.1 cm³/mol. The molecule has 112 valence electrons. The first kappa shape index (κ1) is 15.2. The molecule has 3 N–H and O–H groups in total. The summed E-state index contributed by atoms with van der Waals surface area (Å²) in [6.07, 6.45) is 1.50. The molecule has 2 heterocycles. The first-order valence-electron chi connectivity index (χ1n) is 5.98. The van der Waals surface area contributed by atoms with E-state index in [1.54, 1.807) is 0 Å². The largest absolute Gasteiger partial charge is 0.308 e. The van der Waals surface area contributed by atoms with Crippen molar-refractivity contribution in [2.75, 3.05) is 30.0 Å². The SMILES string of the molecule is NNc1ccc(S(=O)(=O)N2CCCS(=O)(=O)CC2)cn1. The fraction of sp³-hybridized carbons (Fsp3) is 0.500. The Balaban J connectivity index is 2.25. The molecule has 20 heavy (non-hydrogen) atoms. The molecule has 0 bridgehead atoms. The molecule has 0 aromatic carbocycles. The molecule has 1 fully saturated rings. The van der Waals surface area contributed by atoms with Crippen LogP contribution in [0.2, 0.25) is 0 Å². The summed E-state index contributed by atoms with van der Waals surface area (Å²) >= 11 is 0. The molecule has 0 aliphatic carbocycles. The van der Waals surface area contributed by atoms with E-state index < -0.39 is 19.9 Å². The second-order valence-corrected chi connectivity index (χ2v) is 8.67. The number of nitrogens with one attached hydrogen (secondary N) is 1. The van der Waals surface area contributed by atoms with Crippen molar-refractivity contribution >= 4 is 25.7 Å². The number of nitrogens with zero attached hydrogens (tertiary/aromatic N) is 2. The zero-order chi connectivity index (χ0) is 14.8. The third-order valence-electron chi connectivity index (χ3n) is 3.04. The number of hydrogen-bond donors (Lipinski definition) is 2. The molecule has 10 heteroatoms. The number of nitrogen functional groups attached to an aromatic ring is 1. The molecule has 0 spiro atoms. The number of anilines is 1. The number of hydrogen-bond acceptors (Lipinski definition) is 7. The summed E-state index contributed by atoms with van der Waals surface area (Å²) in [6, 6.07) is 2.83. The van der Waals surface area contributed by atoms with Crippen LogP contribution in [0.1, 0.15) is 6.42 Å². The van der Waals surface area contributed by atoms with Crippen LogP contribution in [-0.4, -0.2) is 50.7 Å². The topological polar surface area (TPSA) is 122 Å². The Morgan fingerprint density at radius 3 is 2.60 bits per heavy atom. The number of nitrogens with two attached hydrogens (primary N) is 1. The van der Waals surface area contributed by atoms with Gasteiger partial charge >= 0.3 is 0 Å². The van der Waals surface area contributed by atoms with Crippen molar-refractivity contribution in [3.63, 3.8) is 0 Å². The van der Waals surface area contributed by atoms with Crippen molar-refractivity contribution in [1.29, 1.82) is 0 Å². The molecule has 0 amide bonds. The average molecular weight is 320 g/mol. The predicted octanol–water partition coefficient (Wildman–Crippen LogP) is -0.824. The van der Waals surface area contributed by atoms with Gasteiger partial charge in [0.1, 0.15) is 10.7 Å². The van der Waals surface area contributed by atoms with E-state index >= 15 is 0 Å². The highest BCUT2D eigenvalue weighted by molar-refractivity contribution is 7.91. The molecule has 0 atom stereocenters. The summed E-state index contributed by atoms with van der Waals surface area (Å²) in [5, 5.41) is 0. The van der Waals surface area contributed by atoms with Crippen molar-refractivity contribution in [2.24, 2.45) is 5.84 Å². The van der Waals surface area contributed by atoms with E-state index in [9.17, 15) is 16.8 Å². The number of sulfone groups is 1. The fourth-order valence-electron chi connectivity index (χ4n) is 1.92. The van der Waals surface area contributed by atoms with Gasteiger partial charge in [0, 0.05) is 19.3 Å². The van der Waals surface area contributed by atoms with E-state index in [1.807, 2.05) is 0 Å². The molecule has 1 aromatic rings. The van der Waals surface area contributed by atoms with E-state index in [-0.39, 0.29) is 29.5 Å². The van der Waals surface area contributed by atoms with Crippen molar-refractivity contribution in [2.45, 2.75) is 11.3 Å². The maximum atomic E-state index is 12.4. The van der Waals surface area contributed by atoms with Crippen LogP contribution < -0.4 is 11.3 Å². The van der Waals surface area contributed by atoms with Crippen molar-refractivity contribution < 1.29 is 16.8 Å². The first-order valence-corrected chi connectivity index (χ1v) is 9.24. The van der Waals surface area contributed by atoms with E-state index in [4.69, 9.17) is 5.84 Å². The standard InChI is InChI=1S/C10H16N4O4S2/c11-13-10-3-2-9(8-12-10)20(17,18)14-4-1-6-19(15,16)7-5-14/h2-3,8H,1,4-7,11H2,(H,12,13). The van der Waals surface area contributed by atoms with Gasteiger partial charge in [0.15, 0.2) is 9.84 Å². The molecule has 1 aliphatic rings. The van der Waals surface area contributed by atoms with Gasteiger partial charge in [-0.1, -0.05) is 0 Å². The Morgan fingerprint density at radius 2 is 2.00 bits per heavy atom. The number of pyridine rings is 1. The Labute approximate surface area is 117 Å². The Kier molecular flexibility index (Phi) is 4.28. The minimum atomic E-state index is -3.72. The monoisotopic (exact) mass is 320 g/mol. The zero-order valence-electron chi connectivity index (χ0n) is 10.7. The van der Waals surface area contributed by atoms with E-state index in [0.717, 1.165) is 0 Å². The molecule has 0 saturated carbocycles. The van der Waals surface area contributed by atoms with Crippen LogP contribution in [-0.2, 0) is 19.9 Å². The van der Waals surface area contributed by atoms with E-state index in [0.29, 0.717) is 12.2 Å². The van der Waals surface area contributed by atoms with Crippen LogP contribution in [0.3, 0.4) is 0 Å². The van der Waals surface area contributed by atoms with Gasteiger partial charge in [0.2, 0.25) is 10.0 Å². The third kappa shape index (κ3) is 3.26. The quantitative estimate of drug-likeness (QED) is 0.551.